The summed E-state index contributed by atoms with van der Waals surface area (Å²) in [4.78, 5) is 0.222. The van der Waals surface area contributed by atoms with E-state index in [1.54, 1.807) is 54.6 Å². The highest BCUT2D eigenvalue weighted by atomic mass is 35.5. The Labute approximate surface area is 175 Å². The lowest BCUT2D eigenvalue weighted by Crippen LogP contribution is -2.23. The molecule has 0 radical (unpaired) electrons. The first-order valence-corrected chi connectivity index (χ1v) is 10.8. The molecule has 0 spiro atoms. The van der Waals surface area contributed by atoms with Crippen molar-refractivity contribution in [1.29, 1.82) is 0 Å². The monoisotopic (exact) mass is 435 g/mol. The third-order valence-electron chi connectivity index (χ3n) is 4.19. The van der Waals surface area contributed by atoms with Gasteiger partial charge in [0.2, 0.25) is 10.0 Å². The first-order chi connectivity index (χ1) is 13.4. The minimum atomic E-state index is -3.62. The van der Waals surface area contributed by atoms with Crippen LogP contribution in [-0.2, 0) is 23.2 Å². The molecule has 0 aliphatic heterocycles. The Balaban J connectivity index is 1.73. The first kappa shape index (κ1) is 20.7. The number of rotatable bonds is 7. The van der Waals surface area contributed by atoms with Crippen molar-refractivity contribution < 1.29 is 13.2 Å². The predicted molar refractivity (Wildman–Crippen MR) is 112 cm³/mol. The molecule has 3 aromatic rings. The van der Waals surface area contributed by atoms with Crippen LogP contribution < -0.4 is 9.46 Å². The number of hydrogen-bond acceptors (Lipinski definition) is 3. The molecule has 0 bridgehead atoms. The van der Waals surface area contributed by atoms with E-state index in [9.17, 15) is 8.42 Å². The molecule has 146 valence electrons. The molecule has 0 saturated carbocycles. The Morgan fingerprint density at radius 2 is 1.54 bits per heavy atom. The van der Waals surface area contributed by atoms with Gasteiger partial charge in [-0.2, -0.15) is 0 Å². The molecule has 0 aliphatic carbocycles. The van der Waals surface area contributed by atoms with E-state index in [4.69, 9.17) is 27.9 Å². The van der Waals surface area contributed by atoms with Crippen LogP contribution in [0.4, 0.5) is 0 Å². The minimum Gasteiger partial charge on any atom is -0.488 e. The molecule has 4 nitrogen and oxygen atoms in total. The molecule has 0 heterocycles. The zero-order chi connectivity index (χ0) is 20.1. The van der Waals surface area contributed by atoms with E-state index in [-0.39, 0.29) is 18.0 Å². The zero-order valence-corrected chi connectivity index (χ0v) is 17.5. The van der Waals surface area contributed by atoms with Crippen LogP contribution >= 0.6 is 23.2 Å². The van der Waals surface area contributed by atoms with Crippen molar-refractivity contribution in [3.05, 3.63) is 93.5 Å². The van der Waals surface area contributed by atoms with E-state index >= 15 is 0 Å². The maximum atomic E-state index is 12.5. The molecule has 0 saturated heterocycles. The van der Waals surface area contributed by atoms with Gasteiger partial charge in [-0.25, -0.2) is 13.1 Å². The molecule has 28 heavy (non-hydrogen) atoms. The topological polar surface area (TPSA) is 55.4 Å². The van der Waals surface area contributed by atoms with Crippen LogP contribution in [0.1, 0.15) is 16.7 Å². The number of para-hydroxylation sites is 1. The Hall–Kier alpha value is -2.05. The van der Waals surface area contributed by atoms with Crippen molar-refractivity contribution in [1.82, 2.24) is 4.72 Å². The summed E-state index contributed by atoms with van der Waals surface area (Å²) in [7, 11) is -3.62. The van der Waals surface area contributed by atoms with Gasteiger partial charge in [0.15, 0.2) is 0 Å². The quantitative estimate of drug-likeness (QED) is 0.543. The molecule has 0 aliphatic rings. The highest BCUT2D eigenvalue weighted by Crippen LogP contribution is 2.27. The molecule has 3 aromatic carbocycles. The number of sulfonamides is 1. The summed E-state index contributed by atoms with van der Waals surface area (Å²) in [6, 6.07) is 19.2. The third-order valence-corrected chi connectivity index (χ3v) is 6.32. The molecule has 1 N–H and O–H groups in total. The smallest absolute Gasteiger partial charge is 0.240 e. The number of ether oxygens (including phenoxy) is 1. The number of aryl methyl sites for hydroxylation is 1. The molecule has 0 aromatic heterocycles. The summed E-state index contributed by atoms with van der Waals surface area (Å²) in [5, 5.41) is 1.04. The van der Waals surface area contributed by atoms with E-state index in [0.29, 0.717) is 26.9 Å². The van der Waals surface area contributed by atoms with Gasteiger partial charge in [-0.15, -0.1) is 0 Å². The average Bonchev–Trinajstić information content (AvgIpc) is 2.67. The van der Waals surface area contributed by atoms with Crippen LogP contribution in [0.25, 0.3) is 0 Å². The van der Waals surface area contributed by atoms with Crippen LogP contribution in [0.2, 0.25) is 10.0 Å². The standard InChI is InChI=1S/C21H19Cl2NO3S/c1-15-9-11-17(12-10-15)28(25,26)24-13-16-5-2-3-8-21(16)27-14-18-19(22)6-4-7-20(18)23/h2-12,24H,13-14H2,1H3. The van der Waals surface area contributed by atoms with E-state index in [1.807, 2.05) is 19.1 Å². The normalized spacial score (nSPS) is 11.4. The van der Waals surface area contributed by atoms with Gasteiger partial charge in [0.05, 0.1) is 4.90 Å². The lowest BCUT2D eigenvalue weighted by Gasteiger charge is -2.14. The second kappa shape index (κ2) is 8.97. The summed E-state index contributed by atoms with van der Waals surface area (Å²) in [6.07, 6.45) is 0. The third kappa shape index (κ3) is 5.06. The summed E-state index contributed by atoms with van der Waals surface area (Å²) in [5.41, 5.74) is 2.39. The number of hydrogen-bond donors (Lipinski definition) is 1. The summed E-state index contributed by atoms with van der Waals surface area (Å²) in [6.45, 7) is 2.19. The van der Waals surface area contributed by atoms with E-state index < -0.39 is 10.0 Å². The van der Waals surface area contributed by atoms with Crippen molar-refractivity contribution in [2.45, 2.75) is 25.0 Å². The highest BCUT2D eigenvalue weighted by Gasteiger charge is 2.15. The molecule has 0 amide bonds. The van der Waals surface area contributed by atoms with Crippen molar-refractivity contribution >= 4 is 33.2 Å². The van der Waals surface area contributed by atoms with Crippen LogP contribution in [-0.4, -0.2) is 8.42 Å². The van der Waals surface area contributed by atoms with Crippen molar-refractivity contribution in [2.75, 3.05) is 0 Å². The summed E-state index contributed by atoms with van der Waals surface area (Å²) in [5.74, 6) is 0.560. The molecule has 7 heteroatoms. The average molecular weight is 436 g/mol. The van der Waals surface area contributed by atoms with E-state index in [1.165, 1.54) is 0 Å². The van der Waals surface area contributed by atoms with Crippen LogP contribution in [0, 0.1) is 6.92 Å². The van der Waals surface area contributed by atoms with Crippen molar-refractivity contribution in [3.8, 4) is 5.75 Å². The maximum absolute atomic E-state index is 12.5. The maximum Gasteiger partial charge on any atom is 0.240 e. The van der Waals surface area contributed by atoms with Gasteiger partial charge in [0.25, 0.3) is 0 Å². The van der Waals surface area contributed by atoms with E-state index in [2.05, 4.69) is 4.72 Å². The van der Waals surface area contributed by atoms with Gasteiger partial charge in [-0.1, -0.05) is 65.2 Å². The largest absolute Gasteiger partial charge is 0.488 e. The lowest BCUT2D eigenvalue weighted by molar-refractivity contribution is 0.303. The minimum absolute atomic E-state index is 0.0998. The Kier molecular flexibility index (Phi) is 6.62. The molecule has 0 unspecified atom stereocenters. The lowest BCUT2D eigenvalue weighted by atomic mass is 10.2. The fourth-order valence-corrected chi connectivity index (χ4v) is 4.10. The van der Waals surface area contributed by atoms with Crippen molar-refractivity contribution in [3.63, 3.8) is 0 Å². The zero-order valence-electron chi connectivity index (χ0n) is 15.2. The van der Waals surface area contributed by atoms with Crippen molar-refractivity contribution in [2.24, 2.45) is 0 Å². The number of nitrogens with one attached hydrogen (secondary N) is 1. The SMILES string of the molecule is Cc1ccc(S(=O)(=O)NCc2ccccc2OCc2c(Cl)cccc2Cl)cc1. The molecule has 0 atom stereocenters. The Morgan fingerprint density at radius 3 is 2.21 bits per heavy atom. The molecule has 0 fully saturated rings. The summed E-state index contributed by atoms with van der Waals surface area (Å²) < 4.78 is 33.5. The number of benzene rings is 3. The second-order valence-corrected chi connectivity index (χ2v) is 8.82. The van der Waals surface area contributed by atoms with Gasteiger partial charge >= 0.3 is 0 Å². The molecular weight excluding hydrogens is 417 g/mol. The van der Waals surface area contributed by atoms with Gasteiger partial charge < -0.3 is 4.74 Å². The Bertz CT molecular complexity index is 1050. The van der Waals surface area contributed by atoms with Gasteiger partial charge in [-0.3, -0.25) is 0 Å². The van der Waals surface area contributed by atoms with Crippen LogP contribution in [0.3, 0.4) is 0 Å². The fraction of sp³-hybridized carbons (Fsp3) is 0.143. The van der Waals surface area contributed by atoms with Gasteiger partial charge in [0.1, 0.15) is 12.4 Å². The van der Waals surface area contributed by atoms with Gasteiger partial charge in [-0.05, 0) is 37.3 Å². The van der Waals surface area contributed by atoms with Crippen LogP contribution in [0.15, 0.2) is 71.6 Å². The highest BCUT2D eigenvalue weighted by molar-refractivity contribution is 7.89. The van der Waals surface area contributed by atoms with Crippen LogP contribution in [0.5, 0.6) is 5.75 Å². The first-order valence-electron chi connectivity index (χ1n) is 8.57. The molecule has 3 rings (SSSR count). The Morgan fingerprint density at radius 1 is 0.893 bits per heavy atom. The predicted octanol–water partition coefficient (Wildman–Crippen LogP) is 5.36. The van der Waals surface area contributed by atoms with Gasteiger partial charge in [0, 0.05) is 27.7 Å². The summed E-state index contributed by atoms with van der Waals surface area (Å²) >= 11 is 12.4. The van der Waals surface area contributed by atoms with E-state index in [0.717, 1.165) is 5.56 Å². The second-order valence-electron chi connectivity index (χ2n) is 6.23. The fourth-order valence-electron chi connectivity index (χ4n) is 2.58. The number of halogens is 2. The molecular formula is C21H19Cl2NO3S.